The molecule has 1 aliphatic heterocycles. The number of aryl methyl sites for hydroxylation is 1. The van der Waals surface area contributed by atoms with Crippen LogP contribution < -0.4 is 4.74 Å². The van der Waals surface area contributed by atoms with E-state index in [9.17, 15) is 0 Å². The number of ether oxygens (including phenoxy) is 3. The summed E-state index contributed by atoms with van der Waals surface area (Å²) in [5.74, 6) is 0.462. The van der Waals surface area contributed by atoms with Crippen molar-refractivity contribution in [2.24, 2.45) is 0 Å². The Bertz CT molecular complexity index is 332. The maximum absolute atomic E-state index is 5.63. The van der Waals surface area contributed by atoms with Gasteiger partial charge < -0.3 is 14.2 Å². The Morgan fingerprint density at radius 2 is 2.40 bits per heavy atom. The van der Waals surface area contributed by atoms with Gasteiger partial charge in [0.1, 0.15) is 18.5 Å². The summed E-state index contributed by atoms with van der Waals surface area (Å²) in [5, 5.41) is 2.01. The van der Waals surface area contributed by atoms with Crippen molar-refractivity contribution in [2.75, 3.05) is 13.2 Å². The molecule has 1 fully saturated rings. The van der Waals surface area contributed by atoms with Crippen molar-refractivity contribution in [3.8, 4) is 5.75 Å². The first-order valence-electron chi connectivity index (χ1n) is 5.05. The monoisotopic (exact) mass is 228 g/mol. The molecule has 0 radical (unpaired) electrons. The van der Waals surface area contributed by atoms with Gasteiger partial charge in [-0.1, -0.05) is 0 Å². The fourth-order valence-corrected chi connectivity index (χ4v) is 2.15. The second-order valence-electron chi connectivity index (χ2n) is 4.15. The SMILES string of the molecule is Cc1cc(OCC2COC(C)(C)O2)cs1. The molecule has 1 aliphatic rings. The quantitative estimate of drug-likeness (QED) is 0.796. The summed E-state index contributed by atoms with van der Waals surface area (Å²) in [7, 11) is 0. The highest BCUT2D eigenvalue weighted by Crippen LogP contribution is 2.24. The van der Waals surface area contributed by atoms with E-state index >= 15 is 0 Å². The van der Waals surface area contributed by atoms with Gasteiger partial charge in [0, 0.05) is 10.3 Å². The first-order chi connectivity index (χ1) is 7.05. The molecule has 0 aromatic carbocycles. The Morgan fingerprint density at radius 1 is 1.60 bits per heavy atom. The topological polar surface area (TPSA) is 27.7 Å². The van der Waals surface area contributed by atoms with Gasteiger partial charge in [-0.05, 0) is 26.8 Å². The summed E-state index contributed by atoms with van der Waals surface area (Å²) in [4.78, 5) is 1.26. The molecule has 1 aromatic rings. The molecule has 1 aromatic heterocycles. The van der Waals surface area contributed by atoms with E-state index in [-0.39, 0.29) is 6.10 Å². The fraction of sp³-hybridized carbons (Fsp3) is 0.636. The molecule has 0 amide bonds. The van der Waals surface area contributed by atoms with Gasteiger partial charge in [-0.15, -0.1) is 11.3 Å². The Balaban J connectivity index is 1.80. The van der Waals surface area contributed by atoms with Crippen molar-refractivity contribution in [3.05, 3.63) is 16.3 Å². The molecular weight excluding hydrogens is 212 g/mol. The third kappa shape index (κ3) is 2.93. The average molecular weight is 228 g/mol. The lowest BCUT2D eigenvalue weighted by molar-refractivity contribution is -0.141. The molecule has 1 saturated heterocycles. The molecule has 84 valence electrons. The summed E-state index contributed by atoms with van der Waals surface area (Å²) in [5.41, 5.74) is 0. The molecule has 4 heteroatoms. The van der Waals surface area contributed by atoms with Gasteiger partial charge in [0.2, 0.25) is 0 Å². The van der Waals surface area contributed by atoms with E-state index in [1.165, 1.54) is 4.88 Å². The van der Waals surface area contributed by atoms with Crippen LogP contribution in [-0.4, -0.2) is 25.1 Å². The van der Waals surface area contributed by atoms with Crippen molar-refractivity contribution in [3.63, 3.8) is 0 Å². The third-order valence-electron chi connectivity index (χ3n) is 2.21. The summed E-state index contributed by atoms with van der Waals surface area (Å²) < 4.78 is 16.7. The molecular formula is C11H16O3S. The lowest BCUT2D eigenvalue weighted by Crippen LogP contribution is -2.24. The minimum absolute atomic E-state index is 0.0419. The van der Waals surface area contributed by atoms with Gasteiger partial charge >= 0.3 is 0 Å². The van der Waals surface area contributed by atoms with Crippen LogP contribution in [-0.2, 0) is 9.47 Å². The summed E-state index contributed by atoms with van der Waals surface area (Å²) in [6, 6.07) is 2.03. The number of thiophene rings is 1. The van der Waals surface area contributed by atoms with Crippen LogP contribution in [0.15, 0.2) is 11.4 Å². The normalized spacial score (nSPS) is 24.3. The van der Waals surface area contributed by atoms with Gasteiger partial charge in [0.25, 0.3) is 0 Å². The van der Waals surface area contributed by atoms with Crippen molar-refractivity contribution >= 4 is 11.3 Å². The number of rotatable bonds is 3. The van der Waals surface area contributed by atoms with E-state index in [0.717, 1.165) is 5.75 Å². The fourth-order valence-electron chi connectivity index (χ4n) is 1.53. The average Bonchev–Trinajstić information content (AvgIpc) is 2.69. The van der Waals surface area contributed by atoms with Gasteiger partial charge in [-0.2, -0.15) is 0 Å². The number of hydrogen-bond acceptors (Lipinski definition) is 4. The minimum Gasteiger partial charge on any atom is -0.490 e. The molecule has 2 rings (SSSR count). The van der Waals surface area contributed by atoms with Crippen molar-refractivity contribution in [2.45, 2.75) is 32.7 Å². The first-order valence-corrected chi connectivity index (χ1v) is 5.93. The lowest BCUT2D eigenvalue weighted by atomic mass is 10.4. The minimum atomic E-state index is -0.460. The first kappa shape index (κ1) is 10.9. The van der Waals surface area contributed by atoms with Gasteiger partial charge in [0.15, 0.2) is 5.79 Å². The molecule has 15 heavy (non-hydrogen) atoms. The smallest absolute Gasteiger partial charge is 0.163 e. The molecule has 0 bridgehead atoms. The second kappa shape index (κ2) is 4.12. The van der Waals surface area contributed by atoms with E-state index < -0.39 is 5.79 Å². The van der Waals surface area contributed by atoms with Crippen molar-refractivity contribution in [1.29, 1.82) is 0 Å². The van der Waals surface area contributed by atoms with E-state index in [2.05, 4.69) is 6.92 Å². The van der Waals surface area contributed by atoms with Gasteiger partial charge in [0.05, 0.1) is 6.61 Å². The van der Waals surface area contributed by atoms with Crippen molar-refractivity contribution < 1.29 is 14.2 Å². The zero-order valence-corrected chi connectivity index (χ0v) is 10.1. The maximum Gasteiger partial charge on any atom is 0.163 e. The third-order valence-corrected chi connectivity index (χ3v) is 3.05. The predicted molar refractivity (Wildman–Crippen MR) is 59.5 cm³/mol. The van der Waals surface area contributed by atoms with Crippen LogP contribution in [0.25, 0.3) is 0 Å². The van der Waals surface area contributed by atoms with Crippen LogP contribution in [0.1, 0.15) is 18.7 Å². The van der Waals surface area contributed by atoms with Crippen LogP contribution in [0.3, 0.4) is 0 Å². The van der Waals surface area contributed by atoms with Gasteiger partial charge in [-0.25, -0.2) is 0 Å². The molecule has 0 saturated carbocycles. The molecule has 2 heterocycles. The highest BCUT2D eigenvalue weighted by atomic mass is 32.1. The van der Waals surface area contributed by atoms with Crippen LogP contribution in [0, 0.1) is 6.92 Å². The maximum atomic E-state index is 5.63. The lowest BCUT2D eigenvalue weighted by Gasteiger charge is -2.17. The largest absolute Gasteiger partial charge is 0.490 e. The summed E-state index contributed by atoms with van der Waals surface area (Å²) in [6.07, 6.45) is 0.0419. The molecule has 0 N–H and O–H groups in total. The Kier molecular flexibility index (Phi) is 3.00. The predicted octanol–water partition coefficient (Wildman–Crippen LogP) is 2.59. The Hall–Kier alpha value is -0.580. The highest BCUT2D eigenvalue weighted by Gasteiger charge is 2.32. The highest BCUT2D eigenvalue weighted by molar-refractivity contribution is 7.10. The molecule has 1 atom stereocenters. The molecule has 0 aliphatic carbocycles. The van der Waals surface area contributed by atoms with Gasteiger partial charge in [-0.3, -0.25) is 0 Å². The molecule has 3 nitrogen and oxygen atoms in total. The molecule has 1 unspecified atom stereocenters. The van der Waals surface area contributed by atoms with E-state index in [0.29, 0.717) is 13.2 Å². The van der Waals surface area contributed by atoms with E-state index in [4.69, 9.17) is 14.2 Å². The summed E-state index contributed by atoms with van der Waals surface area (Å²) in [6.45, 7) is 7.06. The van der Waals surface area contributed by atoms with Crippen LogP contribution in [0.4, 0.5) is 0 Å². The zero-order chi connectivity index (χ0) is 10.9. The zero-order valence-electron chi connectivity index (χ0n) is 9.28. The number of hydrogen-bond donors (Lipinski definition) is 0. The van der Waals surface area contributed by atoms with Crippen LogP contribution in [0.5, 0.6) is 5.75 Å². The molecule has 0 spiro atoms. The van der Waals surface area contributed by atoms with Crippen molar-refractivity contribution in [1.82, 2.24) is 0 Å². The summed E-state index contributed by atoms with van der Waals surface area (Å²) >= 11 is 1.69. The van der Waals surface area contributed by atoms with Crippen LogP contribution in [0.2, 0.25) is 0 Å². The van der Waals surface area contributed by atoms with Crippen LogP contribution >= 0.6 is 11.3 Å². The Labute approximate surface area is 94.0 Å². The Morgan fingerprint density at radius 3 is 2.93 bits per heavy atom. The second-order valence-corrected chi connectivity index (χ2v) is 5.27. The standard InChI is InChI=1S/C11H16O3S/c1-8-4-9(7-15-8)12-5-10-6-13-11(2,3)14-10/h4,7,10H,5-6H2,1-3H3. The van der Waals surface area contributed by atoms with E-state index in [1.54, 1.807) is 11.3 Å². The van der Waals surface area contributed by atoms with E-state index in [1.807, 2.05) is 25.3 Å².